The third-order valence-electron chi connectivity index (χ3n) is 4.18. The van der Waals surface area contributed by atoms with Crippen molar-refractivity contribution in [2.24, 2.45) is 10.9 Å². The van der Waals surface area contributed by atoms with E-state index in [4.69, 9.17) is 4.99 Å². The lowest BCUT2D eigenvalue weighted by molar-refractivity contribution is 0.188. The normalized spacial score (nSPS) is 19.0. The number of piperidine rings is 1. The maximum Gasteiger partial charge on any atom is 0.194 e. The van der Waals surface area contributed by atoms with E-state index in [0.29, 0.717) is 0 Å². The monoisotopic (exact) mass is 465 g/mol. The lowest BCUT2D eigenvalue weighted by atomic mass is 10.0. The number of aliphatic imine (C=N–C) groups is 1. The van der Waals surface area contributed by atoms with Crippen LogP contribution in [-0.4, -0.2) is 60.5 Å². The quantitative estimate of drug-likeness (QED) is 0.398. The summed E-state index contributed by atoms with van der Waals surface area (Å²) in [6.07, 6.45) is 2.70. The summed E-state index contributed by atoms with van der Waals surface area (Å²) in [6, 6.07) is 0. The summed E-state index contributed by atoms with van der Waals surface area (Å²) in [4.78, 5) is 14.1. The Morgan fingerprint density at radius 2 is 2.33 bits per heavy atom. The summed E-state index contributed by atoms with van der Waals surface area (Å²) in [7, 11) is 2.08. The molecule has 0 radical (unpaired) electrons. The maximum atomic E-state index is 4.80. The highest BCUT2D eigenvalue weighted by molar-refractivity contribution is 14.0. The number of aryl methyl sites for hydroxylation is 1. The minimum Gasteiger partial charge on any atom is -0.357 e. The molecule has 0 saturated carbocycles. The smallest absolute Gasteiger partial charge is 0.194 e. The molecule has 2 rings (SSSR count). The zero-order valence-corrected chi connectivity index (χ0v) is 18.6. The molecule has 138 valence electrons. The average molecular weight is 465 g/mol. The molecule has 5 nitrogen and oxygen atoms in total. The van der Waals surface area contributed by atoms with E-state index in [1.165, 1.54) is 25.9 Å². The Morgan fingerprint density at radius 3 is 2.96 bits per heavy atom. The standard InChI is InChI=1S/C17H31N5S.HI/c1-5-18-17(21(4)12-16-13-23-15(3)20-16)19-8-10-22-9-6-7-14(2)11-22;/h13-14H,5-12H2,1-4H3,(H,18,19);1H. The van der Waals surface area contributed by atoms with Gasteiger partial charge in [-0.3, -0.25) is 4.99 Å². The van der Waals surface area contributed by atoms with E-state index in [9.17, 15) is 0 Å². The lowest BCUT2D eigenvalue weighted by Gasteiger charge is -2.30. The van der Waals surface area contributed by atoms with Crippen molar-refractivity contribution in [2.45, 2.75) is 40.2 Å². The highest BCUT2D eigenvalue weighted by Gasteiger charge is 2.15. The van der Waals surface area contributed by atoms with Crippen molar-refractivity contribution in [3.63, 3.8) is 0 Å². The van der Waals surface area contributed by atoms with Crippen LogP contribution in [0.4, 0.5) is 0 Å². The van der Waals surface area contributed by atoms with Crippen LogP contribution in [0.25, 0.3) is 0 Å². The van der Waals surface area contributed by atoms with E-state index in [1.807, 2.05) is 6.92 Å². The van der Waals surface area contributed by atoms with Crippen LogP contribution in [0.2, 0.25) is 0 Å². The van der Waals surface area contributed by atoms with Gasteiger partial charge in [0.2, 0.25) is 0 Å². The van der Waals surface area contributed by atoms with Crippen molar-refractivity contribution in [2.75, 3.05) is 39.8 Å². The first-order valence-electron chi connectivity index (χ1n) is 8.71. The second kappa shape index (κ2) is 11.3. The Morgan fingerprint density at radius 1 is 1.54 bits per heavy atom. The first-order chi connectivity index (χ1) is 11.1. The molecule has 1 fully saturated rings. The number of aromatic nitrogens is 1. The van der Waals surface area contributed by atoms with Gasteiger partial charge in [0.25, 0.3) is 0 Å². The molecule has 1 saturated heterocycles. The number of nitrogens with one attached hydrogen (secondary N) is 1. The van der Waals surface area contributed by atoms with Crippen LogP contribution in [0.5, 0.6) is 0 Å². The molecule has 0 aliphatic carbocycles. The number of hydrogen-bond acceptors (Lipinski definition) is 4. The molecule has 0 bridgehead atoms. The van der Waals surface area contributed by atoms with E-state index < -0.39 is 0 Å². The molecule has 0 amide bonds. The van der Waals surface area contributed by atoms with Crippen LogP contribution in [0, 0.1) is 12.8 Å². The van der Waals surface area contributed by atoms with Crippen molar-refractivity contribution in [1.82, 2.24) is 20.1 Å². The van der Waals surface area contributed by atoms with Crippen LogP contribution in [0.15, 0.2) is 10.4 Å². The van der Waals surface area contributed by atoms with Crippen molar-refractivity contribution in [3.8, 4) is 0 Å². The van der Waals surface area contributed by atoms with Crippen molar-refractivity contribution >= 4 is 41.3 Å². The Labute approximate surface area is 168 Å². The average Bonchev–Trinajstić information content (AvgIpc) is 2.91. The molecule has 1 N–H and O–H groups in total. The Bertz CT molecular complexity index is 505. The molecule has 1 aromatic rings. The first-order valence-corrected chi connectivity index (χ1v) is 9.59. The zero-order valence-electron chi connectivity index (χ0n) is 15.4. The molecule has 0 spiro atoms. The van der Waals surface area contributed by atoms with E-state index in [0.717, 1.165) is 48.8 Å². The molecule has 1 aliphatic heterocycles. The third-order valence-corrected chi connectivity index (χ3v) is 5.00. The van der Waals surface area contributed by atoms with Gasteiger partial charge in [-0.2, -0.15) is 0 Å². The molecule has 1 unspecified atom stereocenters. The van der Waals surface area contributed by atoms with Crippen molar-refractivity contribution in [3.05, 3.63) is 16.1 Å². The molecule has 1 atom stereocenters. The van der Waals surface area contributed by atoms with Gasteiger partial charge in [-0.25, -0.2) is 4.98 Å². The second-order valence-electron chi connectivity index (χ2n) is 6.50. The Balaban J connectivity index is 0.00000288. The number of thiazole rings is 1. The third kappa shape index (κ3) is 7.23. The molecular formula is C17H32IN5S. The minimum absolute atomic E-state index is 0. The van der Waals surface area contributed by atoms with Gasteiger partial charge in [0.05, 0.1) is 23.8 Å². The summed E-state index contributed by atoms with van der Waals surface area (Å²) in [6.45, 7) is 12.6. The molecule has 1 aliphatic rings. The SMILES string of the molecule is CCNC(=NCCN1CCCC(C)C1)N(C)Cc1csc(C)n1.I. The van der Waals surface area contributed by atoms with Crippen LogP contribution in [-0.2, 0) is 6.54 Å². The van der Waals surface area contributed by atoms with Gasteiger partial charge in [0.1, 0.15) is 0 Å². The number of halogens is 1. The van der Waals surface area contributed by atoms with Crippen LogP contribution in [0.1, 0.15) is 37.4 Å². The Kier molecular flexibility index (Phi) is 10.1. The summed E-state index contributed by atoms with van der Waals surface area (Å²) in [5.41, 5.74) is 1.12. The summed E-state index contributed by atoms with van der Waals surface area (Å²) in [5, 5.41) is 6.64. The maximum absolute atomic E-state index is 4.80. The largest absolute Gasteiger partial charge is 0.357 e. The number of likely N-dealkylation sites (tertiary alicyclic amines) is 1. The highest BCUT2D eigenvalue weighted by Crippen LogP contribution is 2.14. The molecular weight excluding hydrogens is 433 g/mol. The van der Waals surface area contributed by atoms with Gasteiger partial charge in [-0.1, -0.05) is 6.92 Å². The summed E-state index contributed by atoms with van der Waals surface area (Å²) >= 11 is 1.70. The fraction of sp³-hybridized carbons (Fsp3) is 0.765. The van der Waals surface area contributed by atoms with Gasteiger partial charge < -0.3 is 15.1 Å². The molecule has 7 heteroatoms. The van der Waals surface area contributed by atoms with Gasteiger partial charge in [0, 0.05) is 32.1 Å². The highest BCUT2D eigenvalue weighted by atomic mass is 127. The molecule has 2 heterocycles. The minimum atomic E-state index is 0. The van der Waals surface area contributed by atoms with Gasteiger partial charge in [-0.05, 0) is 39.2 Å². The number of nitrogens with zero attached hydrogens (tertiary/aromatic N) is 4. The van der Waals surface area contributed by atoms with Crippen molar-refractivity contribution in [1.29, 1.82) is 0 Å². The van der Waals surface area contributed by atoms with Gasteiger partial charge >= 0.3 is 0 Å². The topological polar surface area (TPSA) is 43.8 Å². The zero-order chi connectivity index (χ0) is 16.7. The number of rotatable bonds is 6. The van der Waals surface area contributed by atoms with Gasteiger partial charge in [0.15, 0.2) is 5.96 Å². The predicted octanol–water partition coefficient (Wildman–Crippen LogP) is 3.20. The first kappa shape index (κ1) is 21.6. The predicted molar refractivity (Wildman–Crippen MR) is 115 cm³/mol. The number of hydrogen-bond donors (Lipinski definition) is 1. The fourth-order valence-corrected chi connectivity index (χ4v) is 3.66. The summed E-state index contributed by atoms with van der Waals surface area (Å²) < 4.78 is 0. The molecule has 1 aromatic heterocycles. The molecule has 24 heavy (non-hydrogen) atoms. The van der Waals surface area contributed by atoms with E-state index >= 15 is 0 Å². The second-order valence-corrected chi connectivity index (χ2v) is 7.56. The van der Waals surface area contributed by atoms with E-state index in [-0.39, 0.29) is 24.0 Å². The summed E-state index contributed by atoms with van der Waals surface area (Å²) in [5.74, 6) is 1.81. The van der Waals surface area contributed by atoms with Crippen LogP contribution >= 0.6 is 35.3 Å². The van der Waals surface area contributed by atoms with E-state index in [2.05, 4.69) is 46.4 Å². The Hall–Kier alpha value is -0.410. The van der Waals surface area contributed by atoms with Gasteiger partial charge in [-0.15, -0.1) is 35.3 Å². The molecule has 0 aromatic carbocycles. The van der Waals surface area contributed by atoms with Crippen LogP contribution < -0.4 is 5.32 Å². The fourth-order valence-electron chi connectivity index (χ4n) is 3.06. The van der Waals surface area contributed by atoms with E-state index in [1.54, 1.807) is 11.3 Å². The van der Waals surface area contributed by atoms with Crippen molar-refractivity contribution < 1.29 is 0 Å². The lowest BCUT2D eigenvalue weighted by Crippen LogP contribution is -2.40. The number of guanidine groups is 1. The van der Waals surface area contributed by atoms with Crippen LogP contribution in [0.3, 0.4) is 0 Å².